The summed E-state index contributed by atoms with van der Waals surface area (Å²) in [5, 5.41) is 27.1. The molecule has 1 heterocycles. The van der Waals surface area contributed by atoms with Gasteiger partial charge in [0, 0.05) is 17.8 Å². The van der Waals surface area contributed by atoms with E-state index < -0.39 is 34.7 Å². The van der Waals surface area contributed by atoms with Crippen LogP contribution in [0.3, 0.4) is 0 Å². The molecule has 0 amide bonds. The van der Waals surface area contributed by atoms with Gasteiger partial charge in [-0.05, 0) is 24.3 Å². The standard InChI is InChI=1S/C14H9NO7/c16-9-5-10(13(19)20)15(11(6-9)14(21)22)8-3-1-7(2-4-8)12(17)18/h1-6H,(H,17,18)(H,19,20)(H,21,22). The Hall–Kier alpha value is -3.42. The Morgan fingerprint density at radius 1 is 0.773 bits per heavy atom. The van der Waals surface area contributed by atoms with Crippen LogP contribution in [0.4, 0.5) is 0 Å². The maximum absolute atomic E-state index is 11.4. The number of aromatic nitrogens is 1. The van der Waals surface area contributed by atoms with E-state index in [0.717, 1.165) is 16.7 Å². The molecule has 0 aliphatic heterocycles. The molecule has 8 nitrogen and oxygen atoms in total. The molecule has 0 aliphatic rings. The van der Waals surface area contributed by atoms with Gasteiger partial charge < -0.3 is 15.3 Å². The Kier molecular flexibility index (Phi) is 3.76. The average molecular weight is 303 g/mol. The Balaban J connectivity index is 2.77. The molecule has 1 aromatic carbocycles. The van der Waals surface area contributed by atoms with E-state index in [1.165, 1.54) is 24.3 Å². The van der Waals surface area contributed by atoms with Crippen molar-refractivity contribution in [2.45, 2.75) is 0 Å². The van der Waals surface area contributed by atoms with Crippen LogP contribution in [-0.4, -0.2) is 37.8 Å². The Morgan fingerprint density at radius 3 is 1.59 bits per heavy atom. The minimum absolute atomic E-state index is 0.0430. The van der Waals surface area contributed by atoms with Gasteiger partial charge in [0.05, 0.1) is 5.56 Å². The number of pyridine rings is 1. The first-order valence-electron chi connectivity index (χ1n) is 5.88. The lowest BCUT2D eigenvalue weighted by molar-refractivity contribution is 0.0669. The number of rotatable bonds is 4. The lowest BCUT2D eigenvalue weighted by atomic mass is 10.1. The first-order valence-corrected chi connectivity index (χ1v) is 5.88. The first kappa shape index (κ1) is 15.0. The number of carbonyl (C=O) groups is 3. The number of hydrogen-bond donors (Lipinski definition) is 3. The lowest BCUT2D eigenvalue weighted by Crippen LogP contribution is -2.22. The molecule has 112 valence electrons. The van der Waals surface area contributed by atoms with Gasteiger partial charge in [-0.1, -0.05) is 0 Å². The van der Waals surface area contributed by atoms with Crippen LogP contribution in [0.2, 0.25) is 0 Å². The third kappa shape index (κ3) is 2.70. The van der Waals surface area contributed by atoms with Crippen LogP contribution in [0.15, 0.2) is 41.2 Å². The van der Waals surface area contributed by atoms with E-state index in [-0.39, 0.29) is 11.3 Å². The highest BCUT2D eigenvalue weighted by atomic mass is 16.4. The number of hydrogen-bond acceptors (Lipinski definition) is 4. The van der Waals surface area contributed by atoms with Crippen LogP contribution in [0.1, 0.15) is 31.3 Å². The number of benzene rings is 1. The van der Waals surface area contributed by atoms with E-state index in [1.807, 2.05) is 0 Å². The van der Waals surface area contributed by atoms with Crippen molar-refractivity contribution in [1.29, 1.82) is 0 Å². The van der Waals surface area contributed by atoms with Crippen molar-refractivity contribution in [2.75, 3.05) is 0 Å². The molecule has 0 radical (unpaired) electrons. The van der Waals surface area contributed by atoms with E-state index in [2.05, 4.69) is 0 Å². The fourth-order valence-electron chi connectivity index (χ4n) is 1.92. The van der Waals surface area contributed by atoms with Gasteiger partial charge in [-0.25, -0.2) is 14.4 Å². The molecule has 0 saturated carbocycles. The molecular formula is C14H9NO7. The zero-order valence-corrected chi connectivity index (χ0v) is 10.9. The van der Waals surface area contributed by atoms with Gasteiger partial charge in [-0.15, -0.1) is 0 Å². The van der Waals surface area contributed by atoms with Crippen LogP contribution in [-0.2, 0) is 0 Å². The third-order valence-corrected chi connectivity index (χ3v) is 2.85. The smallest absolute Gasteiger partial charge is 0.353 e. The average Bonchev–Trinajstić information content (AvgIpc) is 2.46. The Morgan fingerprint density at radius 2 is 1.23 bits per heavy atom. The van der Waals surface area contributed by atoms with Crippen LogP contribution >= 0.6 is 0 Å². The maximum atomic E-state index is 11.4. The van der Waals surface area contributed by atoms with Crippen molar-refractivity contribution in [3.05, 3.63) is 63.6 Å². The number of nitrogens with zero attached hydrogens (tertiary/aromatic N) is 1. The van der Waals surface area contributed by atoms with Crippen LogP contribution in [0.25, 0.3) is 5.69 Å². The maximum Gasteiger partial charge on any atom is 0.353 e. The number of carboxylic acids is 3. The molecular weight excluding hydrogens is 294 g/mol. The van der Waals surface area contributed by atoms with Gasteiger partial charge in [0.1, 0.15) is 11.4 Å². The van der Waals surface area contributed by atoms with Crippen molar-refractivity contribution < 1.29 is 29.7 Å². The zero-order chi connectivity index (χ0) is 16.4. The van der Waals surface area contributed by atoms with Crippen molar-refractivity contribution in [3.63, 3.8) is 0 Å². The largest absolute Gasteiger partial charge is 0.478 e. The van der Waals surface area contributed by atoms with Crippen molar-refractivity contribution in [3.8, 4) is 5.69 Å². The monoisotopic (exact) mass is 303 g/mol. The highest BCUT2D eigenvalue weighted by molar-refractivity contribution is 5.92. The summed E-state index contributed by atoms with van der Waals surface area (Å²) in [6.45, 7) is 0. The molecule has 22 heavy (non-hydrogen) atoms. The summed E-state index contributed by atoms with van der Waals surface area (Å²) in [5.41, 5.74) is -1.76. The van der Waals surface area contributed by atoms with Crippen LogP contribution < -0.4 is 5.43 Å². The molecule has 0 saturated heterocycles. The molecule has 0 spiro atoms. The van der Waals surface area contributed by atoms with E-state index in [9.17, 15) is 19.2 Å². The molecule has 1 aromatic heterocycles. The second-order valence-corrected chi connectivity index (χ2v) is 4.26. The summed E-state index contributed by atoms with van der Waals surface area (Å²) in [7, 11) is 0. The molecule has 2 aromatic rings. The SMILES string of the molecule is O=C(O)c1ccc(-n2c(C(=O)O)cc(=O)cc2C(=O)O)cc1. The topological polar surface area (TPSA) is 134 Å². The lowest BCUT2D eigenvalue weighted by Gasteiger charge is -2.14. The summed E-state index contributed by atoms with van der Waals surface area (Å²) >= 11 is 0. The van der Waals surface area contributed by atoms with Gasteiger partial charge in [0.15, 0.2) is 5.43 Å². The minimum atomic E-state index is -1.48. The van der Waals surface area contributed by atoms with Gasteiger partial charge in [0.25, 0.3) is 0 Å². The second-order valence-electron chi connectivity index (χ2n) is 4.26. The number of carboxylic acid groups (broad SMARTS) is 3. The second kappa shape index (κ2) is 5.52. The Bertz CT molecular complexity index is 795. The Labute approximate surface area is 122 Å². The molecule has 0 aliphatic carbocycles. The molecule has 2 rings (SSSR count). The summed E-state index contributed by atoms with van der Waals surface area (Å²) in [4.78, 5) is 44.7. The van der Waals surface area contributed by atoms with Crippen LogP contribution in [0, 0.1) is 0 Å². The predicted octanol–water partition coefficient (Wildman–Crippen LogP) is 0.932. The molecule has 3 N–H and O–H groups in total. The van der Waals surface area contributed by atoms with E-state index in [1.54, 1.807) is 0 Å². The summed E-state index contributed by atoms with van der Waals surface area (Å²) < 4.78 is 0.859. The third-order valence-electron chi connectivity index (χ3n) is 2.85. The fourth-order valence-corrected chi connectivity index (χ4v) is 1.92. The summed E-state index contributed by atoms with van der Waals surface area (Å²) in [6.07, 6.45) is 0. The van der Waals surface area contributed by atoms with Gasteiger partial charge >= 0.3 is 17.9 Å². The predicted molar refractivity (Wildman–Crippen MR) is 72.9 cm³/mol. The van der Waals surface area contributed by atoms with Gasteiger partial charge in [-0.2, -0.15) is 0 Å². The molecule has 0 atom stereocenters. The zero-order valence-electron chi connectivity index (χ0n) is 10.9. The van der Waals surface area contributed by atoms with Crippen molar-refractivity contribution >= 4 is 17.9 Å². The van der Waals surface area contributed by atoms with Crippen molar-refractivity contribution in [1.82, 2.24) is 4.57 Å². The summed E-state index contributed by atoms with van der Waals surface area (Å²) in [5.74, 6) is -4.15. The van der Waals surface area contributed by atoms with E-state index in [4.69, 9.17) is 15.3 Å². The normalized spacial score (nSPS) is 10.2. The summed E-state index contributed by atoms with van der Waals surface area (Å²) in [6, 6.07) is 6.50. The number of aromatic carboxylic acids is 3. The van der Waals surface area contributed by atoms with Crippen LogP contribution in [0.5, 0.6) is 0 Å². The highest BCUT2D eigenvalue weighted by Crippen LogP contribution is 2.16. The first-order chi connectivity index (χ1) is 10.3. The molecule has 8 heteroatoms. The molecule has 0 bridgehead atoms. The molecule has 0 unspecified atom stereocenters. The van der Waals surface area contributed by atoms with Crippen molar-refractivity contribution in [2.24, 2.45) is 0 Å². The minimum Gasteiger partial charge on any atom is -0.478 e. The molecule has 0 fully saturated rings. The highest BCUT2D eigenvalue weighted by Gasteiger charge is 2.19. The van der Waals surface area contributed by atoms with Gasteiger partial charge in [0.2, 0.25) is 0 Å². The van der Waals surface area contributed by atoms with E-state index >= 15 is 0 Å². The van der Waals surface area contributed by atoms with Gasteiger partial charge in [-0.3, -0.25) is 9.36 Å². The quantitative estimate of drug-likeness (QED) is 0.764. The fraction of sp³-hybridized carbons (Fsp3) is 0. The van der Waals surface area contributed by atoms with E-state index in [0.29, 0.717) is 0 Å².